The van der Waals surface area contributed by atoms with Gasteiger partial charge in [0.15, 0.2) is 0 Å². The highest BCUT2D eigenvalue weighted by molar-refractivity contribution is 9.10. The Hall–Kier alpha value is -1.36. The zero-order chi connectivity index (χ0) is 11.5. The first kappa shape index (κ1) is 11.1. The molecular weight excluding hydrogens is 270 g/mol. The molecule has 0 radical (unpaired) electrons. The van der Waals surface area contributed by atoms with Gasteiger partial charge in [-0.25, -0.2) is 0 Å². The van der Waals surface area contributed by atoms with Crippen LogP contribution in [0.3, 0.4) is 0 Å². The van der Waals surface area contributed by atoms with Crippen LogP contribution in [0.4, 0.5) is 5.69 Å². The summed E-state index contributed by atoms with van der Waals surface area (Å²) in [6.07, 6.45) is 0. The first-order chi connectivity index (χ1) is 7.65. The van der Waals surface area contributed by atoms with Crippen LogP contribution in [0.15, 0.2) is 27.1 Å². The lowest BCUT2D eigenvalue weighted by Crippen LogP contribution is -2.00. The molecule has 0 aliphatic rings. The molecule has 2 aromatic rings. The van der Waals surface area contributed by atoms with E-state index in [-0.39, 0.29) is 0 Å². The Labute approximate surface area is 102 Å². The molecule has 1 aromatic heterocycles. The van der Waals surface area contributed by atoms with Gasteiger partial charge >= 0.3 is 0 Å². The van der Waals surface area contributed by atoms with Crippen LogP contribution in [0.1, 0.15) is 17.3 Å². The molecule has 0 bridgehead atoms. The molecular formula is C11H12BrN3O. The number of hydrogen-bond acceptors (Lipinski definition) is 4. The molecule has 4 nitrogen and oxygen atoms in total. The summed E-state index contributed by atoms with van der Waals surface area (Å²) in [5.41, 5.74) is 2.23. The minimum atomic E-state index is 0.530. The van der Waals surface area contributed by atoms with Crippen molar-refractivity contribution >= 4 is 21.6 Å². The van der Waals surface area contributed by atoms with Crippen LogP contribution < -0.4 is 5.32 Å². The number of benzene rings is 1. The van der Waals surface area contributed by atoms with Crippen molar-refractivity contribution in [2.45, 2.75) is 20.4 Å². The third kappa shape index (κ3) is 2.61. The fraction of sp³-hybridized carbons (Fsp3) is 0.273. The molecule has 1 heterocycles. The number of hydrogen-bond donors (Lipinski definition) is 1. The van der Waals surface area contributed by atoms with Crippen molar-refractivity contribution in [3.05, 3.63) is 40.0 Å². The van der Waals surface area contributed by atoms with Crippen LogP contribution in [0.5, 0.6) is 0 Å². The van der Waals surface area contributed by atoms with Crippen molar-refractivity contribution in [1.82, 2.24) is 10.2 Å². The van der Waals surface area contributed by atoms with Gasteiger partial charge < -0.3 is 9.73 Å². The third-order valence-electron chi connectivity index (χ3n) is 2.12. The van der Waals surface area contributed by atoms with E-state index in [1.165, 1.54) is 5.56 Å². The molecule has 0 spiro atoms. The van der Waals surface area contributed by atoms with Crippen molar-refractivity contribution in [2.75, 3.05) is 5.32 Å². The van der Waals surface area contributed by atoms with E-state index in [4.69, 9.17) is 4.42 Å². The smallest absolute Gasteiger partial charge is 0.235 e. The summed E-state index contributed by atoms with van der Waals surface area (Å²) >= 11 is 3.50. The molecule has 0 amide bonds. The second-order valence-electron chi connectivity index (χ2n) is 3.55. The number of nitrogens with zero attached hydrogens (tertiary/aromatic N) is 2. The van der Waals surface area contributed by atoms with Crippen LogP contribution in [0.25, 0.3) is 0 Å². The first-order valence-corrected chi connectivity index (χ1v) is 5.73. The van der Waals surface area contributed by atoms with Crippen LogP contribution in [0.2, 0.25) is 0 Å². The summed E-state index contributed by atoms with van der Waals surface area (Å²) in [6, 6.07) is 6.12. The van der Waals surface area contributed by atoms with Gasteiger partial charge in [0.2, 0.25) is 11.8 Å². The fourth-order valence-electron chi connectivity index (χ4n) is 1.34. The zero-order valence-corrected chi connectivity index (χ0v) is 10.7. The average molecular weight is 282 g/mol. The van der Waals surface area contributed by atoms with E-state index in [2.05, 4.69) is 44.4 Å². The minimum Gasteiger partial charge on any atom is -0.424 e. The van der Waals surface area contributed by atoms with E-state index in [0.717, 1.165) is 10.2 Å². The van der Waals surface area contributed by atoms with Gasteiger partial charge in [-0.05, 0) is 40.5 Å². The lowest BCUT2D eigenvalue weighted by molar-refractivity contribution is 0.475. The number of aromatic nitrogens is 2. The summed E-state index contributed by atoms with van der Waals surface area (Å²) in [6.45, 7) is 4.36. The van der Waals surface area contributed by atoms with Gasteiger partial charge in [0.05, 0.1) is 6.54 Å². The van der Waals surface area contributed by atoms with Crippen molar-refractivity contribution in [2.24, 2.45) is 0 Å². The van der Waals surface area contributed by atoms with Gasteiger partial charge in [-0.2, -0.15) is 0 Å². The number of rotatable bonds is 3. The highest BCUT2D eigenvalue weighted by atomic mass is 79.9. The Kier molecular flexibility index (Phi) is 3.24. The quantitative estimate of drug-likeness (QED) is 0.940. The molecule has 2 rings (SSSR count). The molecule has 0 unspecified atom stereocenters. The molecule has 16 heavy (non-hydrogen) atoms. The fourth-order valence-corrected chi connectivity index (χ4v) is 1.98. The normalized spacial score (nSPS) is 10.4. The third-order valence-corrected chi connectivity index (χ3v) is 2.78. The standard InChI is InChI=1S/C11H12BrN3O/c1-7-3-4-10(9(12)5-7)13-6-11-15-14-8(2)16-11/h3-5,13H,6H2,1-2H3. The van der Waals surface area contributed by atoms with E-state index < -0.39 is 0 Å². The number of anilines is 1. The lowest BCUT2D eigenvalue weighted by atomic mass is 10.2. The maximum Gasteiger partial charge on any atom is 0.235 e. The van der Waals surface area contributed by atoms with Gasteiger partial charge in [-0.15, -0.1) is 10.2 Å². The van der Waals surface area contributed by atoms with Crippen LogP contribution in [0, 0.1) is 13.8 Å². The summed E-state index contributed by atoms with van der Waals surface area (Å²) in [7, 11) is 0. The van der Waals surface area contributed by atoms with Gasteiger partial charge in [-0.3, -0.25) is 0 Å². The Balaban J connectivity index is 2.04. The molecule has 0 atom stereocenters. The van der Waals surface area contributed by atoms with Crippen molar-refractivity contribution in [3.63, 3.8) is 0 Å². The molecule has 0 saturated carbocycles. The number of nitrogens with one attached hydrogen (secondary N) is 1. The molecule has 0 aliphatic carbocycles. The first-order valence-electron chi connectivity index (χ1n) is 4.94. The van der Waals surface area contributed by atoms with Gasteiger partial charge in [0.1, 0.15) is 0 Å². The van der Waals surface area contributed by atoms with E-state index in [9.17, 15) is 0 Å². The number of halogens is 1. The SMILES string of the molecule is Cc1ccc(NCc2nnc(C)o2)c(Br)c1. The highest BCUT2D eigenvalue weighted by Gasteiger charge is 2.03. The largest absolute Gasteiger partial charge is 0.424 e. The predicted octanol–water partition coefficient (Wildman–Crippen LogP) is 3.06. The van der Waals surface area contributed by atoms with Crippen molar-refractivity contribution in [1.29, 1.82) is 0 Å². The Morgan fingerprint density at radius 2 is 2.12 bits per heavy atom. The molecule has 0 aliphatic heterocycles. The van der Waals surface area contributed by atoms with E-state index in [1.54, 1.807) is 6.92 Å². The monoisotopic (exact) mass is 281 g/mol. The lowest BCUT2D eigenvalue weighted by Gasteiger charge is -2.06. The van der Waals surface area contributed by atoms with Gasteiger partial charge in [-0.1, -0.05) is 6.07 Å². The molecule has 0 saturated heterocycles. The summed E-state index contributed by atoms with van der Waals surface area (Å²) in [4.78, 5) is 0. The summed E-state index contributed by atoms with van der Waals surface area (Å²) < 4.78 is 6.30. The maximum atomic E-state index is 5.27. The average Bonchev–Trinajstić information content (AvgIpc) is 2.63. The second-order valence-corrected chi connectivity index (χ2v) is 4.41. The minimum absolute atomic E-state index is 0.530. The number of aryl methyl sites for hydroxylation is 2. The molecule has 1 N–H and O–H groups in total. The Morgan fingerprint density at radius 3 is 2.75 bits per heavy atom. The highest BCUT2D eigenvalue weighted by Crippen LogP contribution is 2.23. The zero-order valence-electron chi connectivity index (χ0n) is 9.12. The molecule has 5 heteroatoms. The van der Waals surface area contributed by atoms with E-state index in [0.29, 0.717) is 18.3 Å². The molecule has 0 fully saturated rings. The summed E-state index contributed by atoms with van der Waals surface area (Å²) in [5, 5.41) is 10.9. The second kappa shape index (κ2) is 4.65. The Morgan fingerprint density at radius 1 is 1.31 bits per heavy atom. The van der Waals surface area contributed by atoms with Crippen LogP contribution in [-0.2, 0) is 6.54 Å². The maximum absolute atomic E-state index is 5.27. The van der Waals surface area contributed by atoms with Gasteiger partial charge in [0.25, 0.3) is 0 Å². The van der Waals surface area contributed by atoms with E-state index in [1.807, 2.05) is 12.1 Å². The Bertz CT molecular complexity index is 496. The summed E-state index contributed by atoms with van der Waals surface area (Å²) in [5.74, 6) is 1.17. The van der Waals surface area contributed by atoms with Gasteiger partial charge in [0, 0.05) is 17.1 Å². The van der Waals surface area contributed by atoms with Crippen molar-refractivity contribution < 1.29 is 4.42 Å². The molecule has 1 aromatic carbocycles. The van der Waals surface area contributed by atoms with Crippen LogP contribution in [-0.4, -0.2) is 10.2 Å². The topological polar surface area (TPSA) is 51.0 Å². The van der Waals surface area contributed by atoms with E-state index >= 15 is 0 Å². The van der Waals surface area contributed by atoms with Crippen LogP contribution >= 0.6 is 15.9 Å². The van der Waals surface area contributed by atoms with Crippen molar-refractivity contribution in [3.8, 4) is 0 Å². The predicted molar refractivity (Wildman–Crippen MR) is 65.2 cm³/mol. The molecule has 84 valence electrons.